The predicted molar refractivity (Wildman–Crippen MR) is 104 cm³/mol. The summed E-state index contributed by atoms with van der Waals surface area (Å²) in [6.45, 7) is 0.205. The van der Waals surface area contributed by atoms with Crippen LogP contribution in [0.3, 0.4) is 0 Å². The maximum absolute atomic E-state index is 13.0. The number of unbranched alkanes of at least 4 members (excludes halogenated alkanes) is 1. The van der Waals surface area contributed by atoms with Gasteiger partial charge in [-0.25, -0.2) is 4.39 Å². The van der Waals surface area contributed by atoms with Crippen molar-refractivity contribution in [3.05, 3.63) is 59.6 Å². The fraction of sp³-hybridized carbons (Fsp3) is 0.211. The molecular weight excluding hydrogens is 372 g/mol. The molecule has 0 atom stereocenters. The Morgan fingerprint density at radius 1 is 0.815 bits per heavy atom. The van der Waals surface area contributed by atoms with Gasteiger partial charge < -0.3 is 10.6 Å². The highest BCUT2D eigenvalue weighted by molar-refractivity contribution is 6.28. The molecule has 0 saturated carbocycles. The van der Waals surface area contributed by atoms with Crippen LogP contribution in [0.5, 0.6) is 0 Å². The summed E-state index contributed by atoms with van der Waals surface area (Å²) in [7, 11) is 0. The molecule has 3 rings (SSSR count). The molecular formula is C19H18ClF2N5. The molecule has 27 heavy (non-hydrogen) atoms. The Kier molecular flexibility index (Phi) is 6.49. The van der Waals surface area contributed by atoms with Crippen LogP contribution in [0.25, 0.3) is 11.1 Å². The van der Waals surface area contributed by atoms with E-state index in [2.05, 4.69) is 25.6 Å². The summed E-state index contributed by atoms with van der Waals surface area (Å²) in [5, 5.41) is 6.12. The van der Waals surface area contributed by atoms with Gasteiger partial charge in [0.1, 0.15) is 5.82 Å². The van der Waals surface area contributed by atoms with Gasteiger partial charge in [-0.3, -0.25) is 4.39 Å². The first kappa shape index (κ1) is 19.0. The van der Waals surface area contributed by atoms with Crippen LogP contribution in [0.1, 0.15) is 12.8 Å². The number of hydrogen-bond acceptors (Lipinski definition) is 5. The van der Waals surface area contributed by atoms with Crippen molar-refractivity contribution >= 4 is 29.2 Å². The SMILES string of the molecule is FCCCCNc1nc(Cl)nc(Nc2ccc(-c3ccc(F)cc3)cc2)n1. The quantitative estimate of drug-likeness (QED) is 0.516. The molecule has 1 aromatic heterocycles. The van der Waals surface area contributed by atoms with E-state index in [9.17, 15) is 8.78 Å². The van der Waals surface area contributed by atoms with Crippen LogP contribution in [0.15, 0.2) is 48.5 Å². The van der Waals surface area contributed by atoms with Crippen molar-refractivity contribution in [1.82, 2.24) is 15.0 Å². The van der Waals surface area contributed by atoms with Gasteiger partial charge in [-0.15, -0.1) is 0 Å². The highest BCUT2D eigenvalue weighted by atomic mass is 35.5. The zero-order valence-electron chi connectivity index (χ0n) is 14.4. The Morgan fingerprint density at radius 3 is 2.11 bits per heavy atom. The molecule has 0 aliphatic rings. The second kappa shape index (κ2) is 9.23. The Hall–Kier alpha value is -2.80. The lowest BCUT2D eigenvalue weighted by Gasteiger charge is -2.09. The summed E-state index contributed by atoms with van der Waals surface area (Å²) in [5.41, 5.74) is 2.65. The summed E-state index contributed by atoms with van der Waals surface area (Å²) < 4.78 is 25.2. The van der Waals surface area contributed by atoms with Crippen molar-refractivity contribution in [1.29, 1.82) is 0 Å². The second-order valence-electron chi connectivity index (χ2n) is 5.78. The van der Waals surface area contributed by atoms with Crippen LogP contribution in [0, 0.1) is 5.82 Å². The van der Waals surface area contributed by atoms with E-state index >= 15 is 0 Å². The monoisotopic (exact) mass is 389 g/mol. The van der Waals surface area contributed by atoms with Gasteiger partial charge >= 0.3 is 0 Å². The molecule has 2 aromatic carbocycles. The van der Waals surface area contributed by atoms with Crippen molar-refractivity contribution in [2.75, 3.05) is 23.9 Å². The first-order valence-corrected chi connectivity index (χ1v) is 8.86. The number of alkyl halides is 1. The Morgan fingerprint density at radius 2 is 1.44 bits per heavy atom. The minimum absolute atomic E-state index is 0.0587. The average molecular weight is 390 g/mol. The van der Waals surface area contributed by atoms with Crippen molar-refractivity contribution in [3.63, 3.8) is 0 Å². The zero-order chi connectivity index (χ0) is 19.1. The minimum atomic E-state index is -0.347. The largest absolute Gasteiger partial charge is 0.354 e. The zero-order valence-corrected chi connectivity index (χ0v) is 15.2. The lowest BCUT2D eigenvalue weighted by molar-refractivity contribution is 0.466. The maximum Gasteiger partial charge on any atom is 0.233 e. The predicted octanol–water partition coefficient (Wildman–Crippen LogP) is 5.24. The molecule has 0 aliphatic carbocycles. The summed E-state index contributed by atoms with van der Waals surface area (Å²) >= 11 is 5.94. The van der Waals surface area contributed by atoms with Gasteiger partial charge in [0.15, 0.2) is 0 Å². The molecule has 0 amide bonds. The number of hydrogen-bond donors (Lipinski definition) is 2. The fourth-order valence-corrected chi connectivity index (χ4v) is 2.58. The van der Waals surface area contributed by atoms with Crippen LogP contribution in [0.2, 0.25) is 5.28 Å². The first-order chi connectivity index (χ1) is 13.1. The van der Waals surface area contributed by atoms with E-state index in [4.69, 9.17) is 11.6 Å². The third kappa shape index (κ3) is 5.59. The number of nitrogens with one attached hydrogen (secondary N) is 2. The van der Waals surface area contributed by atoms with Crippen molar-refractivity contribution in [2.24, 2.45) is 0 Å². The van der Waals surface area contributed by atoms with E-state index < -0.39 is 0 Å². The van der Waals surface area contributed by atoms with Gasteiger partial charge in [0, 0.05) is 12.2 Å². The lowest BCUT2D eigenvalue weighted by atomic mass is 10.1. The topological polar surface area (TPSA) is 62.7 Å². The summed E-state index contributed by atoms with van der Waals surface area (Å²) in [6.07, 6.45) is 1.16. The number of aromatic nitrogens is 3. The van der Waals surface area contributed by atoms with Gasteiger partial charge in [0.25, 0.3) is 0 Å². The normalized spacial score (nSPS) is 10.6. The molecule has 0 saturated heterocycles. The Bertz CT molecular complexity index is 872. The highest BCUT2D eigenvalue weighted by Crippen LogP contribution is 2.23. The molecule has 0 aliphatic heterocycles. The van der Waals surface area contributed by atoms with E-state index in [-0.39, 0.29) is 17.8 Å². The summed E-state index contributed by atoms with van der Waals surface area (Å²) in [6, 6.07) is 13.9. The fourth-order valence-electron chi connectivity index (χ4n) is 2.42. The third-order valence-electron chi connectivity index (χ3n) is 3.77. The molecule has 0 unspecified atom stereocenters. The van der Waals surface area contributed by atoms with E-state index in [1.54, 1.807) is 12.1 Å². The van der Waals surface area contributed by atoms with Crippen molar-refractivity contribution in [2.45, 2.75) is 12.8 Å². The molecule has 0 radical (unpaired) electrons. The maximum atomic E-state index is 13.0. The molecule has 1 heterocycles. The van der Waals surface area contributed by atoms with Gasteiger partial charge in [0.2, 0.25) is 17.2 Å². The van der Waals surface area contributed by atoms with Crippen molar-refractivity contribution in [3.8, 4) is 11.1 Å². The minimum Gasteiger partial charge on any atom is -0.354 e. The molecule has 0 bridgehead atoms. The van der Waals surface area contributed by atoms with Gasteiger partial charge in [-0.1, -0.05) is 24.3 Å². The first-order valence-electron chi connectivity index (χ1n) is 8.48. The number of halogens is 3. The van der Waals surface area contributed by atoms with E-state index in [0.717, 1.165) is 16.8 Å². The second-order valence-corrected chi connectivity index (χ2v) is 6.12. The van der Waals surface area contributed by atoms with E-state index in [0.29, 0.717) is 31.3 Å². The molecule has 0 fully saturated rings. The van der Waals surface area contributed by atoms with Crippen LogP contribution in [-0.4, -0.2) is 28.2 Å². The molecule has 8 heteroatoms. The number of rotatable bonds is 8. The van der Waals surface area contributed by atoms with Crippen LogP contribution in [0.4, 0.5) is 26.4 Å². The van der Waals surface area contributed by atoms with Crippen LogP contribution in [-0.2, 0) is 0 Å². The Balaban J connectivity index is 1.67. The van der Waals surface area contributed by atoms with Crippen LogP contribution >= 0.6 is 11.6 Å². The molecule has 2 N–H and O–H groups in total. The Labute approximate surface area is 160 Å². The summed E-state index contributed by atoms with van der Waals surface area (Å²) in [5.74, 6) is 0.370. The molecule has 0 spiro atoms. The van der Waals surface area contributed by atoms with Gasteiger partial charge in [-0.2, -0.15) is 15.0 Å². The van der Waals surface area contributed by atoms with Crippen LogP contribution < -0.4 is 10.6 Å². The number of benzene rings is 2. The van der Waals surface area contributed by atoms with E-state index in [1.165, 1.54) is 12.1 Å². The van der Waals surface area contributed by atoms with Gasteiger partial charge in [-0.05, 0) is 59.8 Å². The molecule has 140 valence electrons. The molecule has 3 aromatic rings. The highest BCUT2D eigenvalue weighted by Gasteiger charge is 2.06. The summed E-state index contributed by atoms with van der Waals surface area (Å²) in [4.78, 5) is 12.3. The third-order valence-corrected chi connectivity index (χ3v) is 3.94. The molecule has 5 nitrogen and oxygen atoms in total. The smallest absolute Gasteiger partial charge is 0.233 e. The van der Waals surface area contributed by atoms with Gasteiger partial charge in [0.05, 0.1) is 6.67 Å². The van der Waals surface area contributed by atoms with Crippen molar-refractivity contribution < 1.29 is 8.78 Å². The van der Waals surface area contributed by atoms with E-state index in [1.807, 2.05) is 24.3 Å². The average Bonchev–Trinajstić information content (AvgIpc) is 2.66. The number of nitrogens with zero attached hydrogens (tertiary/aromatic N) is 3. The number of anilines is 3. The standard InChI is InChI=1S/C19H18ClF2N5/c20-17-25-18(23-12-2-1-11-21)27-19(26-17)24-16-9-5-14(6-10-16)13-3-7-15(22)8-4-13/h3-10H,1-2,11-12H2,(H2,23,24,25,26,27). The lowest BCUT2D eigenvalue weighted by Crippen LogP contribution is -2.08.